The Hall–Kier alpha value is -1.05. The van der Waals surface area contributed by atoms with Gasteiger partial charge in [0.05, 0.1) is 11.9 Å². The van der Waals surface area contributed by atoms with Crippen molar-refractivity contribution >= 4 is 9.84 Å². The standard InChI is InChI=1S/C12H17F2NO3S/c1-8(7-19(2,17)18)15-6-12(16)10-5-9(13)3-4-11(10)14/h3-5,8,12,15-16H,6-7H2,1-2H3. The van der Waals surface area contributed by atoms with Gasteiger partial charge in [0.1, 0.15) is 21.5 Å². The van der Waals surface area contributed by atoms with E-state index in [-0.39, 0.29) is 23.9 Å². The van der Waals surface area contributed by atoms with Crippen molar-refractivity contribution in [1.82, 2.24) is 5.32 Å². The van der Waals surface area contributed by atoms with Crippen molar-refractivity contribution in [3.63, 3.8) is 0 Å². The number of rotatable bonds is 6. The lowest BCUT2D eigenvalue weighted by atomic mass is 10.1. The predicted octanol–water partition coefficient (Wildman–Crippen LogP) is 1.02. The molecule has 0 radical (unpaired) electrons. The number of aliphatic hydroxyl groups excluding tert-OH is 1. The minimum atomic E-state index is -3.13. The highest BCUT2D eigenvalue weighted by atomic mass is 32.2. The molecule has 7 heteroatoms. The Balaban J connectivity index is 2.60. The van der Waals surface area contributed by atoms with Crippen molar-refractivity contribution in [3.8, 4) is 0 Å². The number of hydrogen-bond donors (Lipinski definition) is 2. The summed E-state index contributed by atoms with van der Waals surface area (Å²) >= 11 is 0. The van der Waals surface area contributed by atoms with Gasteiger partial charge >= 0.3 is 0 Å². The summed E-state index contributed by atoms with van der Waals surface area (Å²) in [6.45, 7) is 1.58. The first-order valence-electron chi connectivity index (χ1n) is 5.73. The van der Waals surface area contributed by atoms with Crippen LogP contribution >= 0.6 is 0 Å². The molecule has 0 fully saturated rings. The van der Waals surface area contributed by atoms with Crippen LogP contribution in [0.15, 0.2) is 18.2 Å². The van der Waals surface area contributed by atoms with Gasteiger partial charge in [-0.1, -0.05) is 0 Å². The third-order valence-corrected chi connectivity index (χ3v) is 3.63. The minimum Gasteiger partial charge on any atom is -0.387 e. The maximum Gasteiger partial charge on any atom is 0.148 e. The average Bonchev–Trinajstić information content (AvgIpc) is 2.27. The lowest BCUT2D eigenvalue weighted by Crippen LogP contribution is -2.35. The van der Waals surface area contributed by atoms with E-state index in [4.69, 9.17) is 0 Å². The first-order valence-corrected chi connectivity index (χ1v) is 7.79. The second kappa shape index (κ2) is 6.40. The Kier molecular flexibility index (Phi) is 5.39. The molecule has 0 bridgehead atoms. The molecule has 1 rings (SSSR count). The summed E-state index contributed by atoms with van der Waals surface area (Å²) < 4.78 is 48.4. The number of sulfone groups is 1. The highest BCUT2D eigenvalue weighted by molar-refractivity contribution is 7.90. The Morgan fingerprint density at radius 3 is 2.58 bits per heavy atom. The quantitative estimate of drug-likeness (QED) is 0.822. The molecular weight excluding hydrogens is 276 g/mol. The number of halogens is 2. The van der Waals surface area contributed by atoms with E-state index in [0.717, 1.165) is 24.5 Å². The minimum absolute atomic E-state index is 0.0585. The third-order valence-electron chi connectivity index (χ3n) is 2.53. The second-order valence-corrected chi connectivity index (χ2v) is 6.77. The van der Waals surface area contributed by atoms with E-state index in [9.17, 15) is 22.3 Å². The van der Waals surface area contributed by atoms with E-state index in [1.807, 2.05) is 0 Å². The predicted molar refractivity (Wildman–Crippen MR) is 68.5 cm³/mol. The van der Waals surface area contributed by atoms with Crippen molar-refractivity contribution in [2.75, 3.05) is 18.6 Å². The largest absolute Gasteiger partial charge is 0.387 e. The Labute approximate surface area is 111 Å². The van der Waals surface area contributed by atoms with Crippen molar-refractivity contribution in [2.45, 2.75) is 19.1 Å². The van der Waals surface area contributed by atoms with Gasteiger partial charge < -0.3 is 10.4 Å². The van der Waals surface area contributed by atoms with Crippen LogP contribution in [0.2, 0.25) is 0 Å². The van der Waals surface area contributed by atoms with Crippen LogP contribution in [0.25, 0.3) is 0 Å². The van der Waals surface area contributed by atoms with Crippen molar-refractivity contribution in [3.05, 3.63) is 35.4 Å². The molecule has 0 saturated carbocycles. The van der Waals surface area contributed by atoms with Gasteiger partial charge in [0, 0.05) is 24.4 Å². The Bertz CT molecular complexity index is 534. The maximum atomic E-state index is 13.4. The normalized spacial score (nSPS) is 15.2. The Morgan fingerprint density at radius 1 is 1.37 bits per heavy atom. The van der Waals surface area contributed by atoms with E-state index in [2.05, 4.69) is 5.32 Å². The average molecular weight is 293 g/mol. The molecule has 1 aromatic carbocycles. The topological polar surface area (TPSA) is 66.4 Å². The molecular formula is C12H17F2NO3S. The molecule has 0 saturated heterocycles. The van der Waals surface area contributed by atoms with Gasteiger partial charge in [0.25, 0.3) is 0 Å². The van der Waals surface area contributed by atoms with Crippen LogP contribution < -0.4 is 5.32 Å². The van der Waals surface area contributed by atoms with Gasteiger partial charge in [-0.05, 0) is 25.1 Å². The zero-order chi connectivity index (χ0) is 14.6. The van der Waals surface area contributed by atoms with Crippen LogP contribution in [0.3, 0.4) is 0 Å². The SMILES string of the molecule is CC(CS(C)(=O)=O)NCC(O)c1cc(F)ccc1F. The van der Waals surface area contributed by atoms with Gasteiger partial charge in [-0.2, -0.15) is 0 Å². The summed E-state index contributed by atoms with van der Waals surface area (Å²) in [5, 5.41) is 12.5. The summed E-state index contributed by atoms with van der Waals surface area (Å²) in [5.74, 6) is -1.43. The fraction of sp³-hybridized carbons (Fsp3) is 0.500. The lowest BCUT2D eigenvalue weighted by Gasteiger charge is -2.17. The lowest BCUT2D eigenvalue weighted by molar-refractivity contribution is 0.166. The van der Waals surface area contributed by atoms with Crippen LogP contribution in [0.1, 0.15) is 18.6 Å². The molecule has 19 heavy (non-hydrogen) atoms. The molecule has 0 aromatic heterocycles. The molecule has 2 unspecified atom stereocenters. The summed E-state index contributed by atoms with van der Waals surface area (Å²) in [5.41, 5.74) is -0.154. The third kappa shape index (κ3) is 5.63. The van der Waals surface area contributed by atoms with E-state index in [1.165, 1.54) is 0 Å². The van der Waals surface area contributed by atoms with E-state index < -0.39 is 27.6 Å². The number of hydrogen-bond acceptors (Lipinski definition) is 4. The molecule has 0 heterocycles. The number of aliphatic hydroxyl groups is 1. The highest BCUT2D eigenvalue weighted by Gasteiger charge is 2.16. The van der Waals surface area contributed by atoms with Gasteiger partial charge in [-0.25, -0.2) is 17.2 Å². The Morgan fingerprint density at radius 2 is 2.00 bits per heavy atom. The summed E-state index contributed by atoms with van der Waals surface area (Å²) in [6, 6.07) is 2.43. The first kappa shape index (κ1) is 16.0. The van der Waals surface area contributed by atoms with Crippen LogP contribution in [0.5, 0.6) is 0 Å². The van der Waals surface area contributed by atoms with E-state index in [1.54, 1.807) is 6.92 Å². The fourth-order valence-electron chi connectivity index (χ4n) is 1.71. The summed E-state index contributed by atoms with van der Waals surface area (Å²) in [7, 11) is -3.13. The summed E-state index contributed by atoms with van der Waals surface area (Å²) in [4.78, 5) is 0. The number of benzene rings is 1. The molecule has 108 valence electrons. The zero-order valence-electron chi connectivity index (χ0n) is 10.7. The molecule has 4 nitrogen and oxygen atoms in total. The van der Waals surface area contributed by atoms with Crippen LogP contribution in [0.4, 0.5) is 8.78 Å². The van der Waals surface area contributed by atoms with Gasteiger partial charge in [0.15, 0.2) is 0 Å². The smallest absolute Gasteiger partial charge is 0.148 e. The van der Waals surface area contributed by atoms with Gasteiger partial charge in [0.2, 0.25) is 0 Å². The second-order valence-electron chi connectivity index (χ2n) is 4.58. The van der Waals surface area contributed by atoms with Crippen molar-refractivity contribution < 1.29 is 22.3 Å². The molecule has 0 amide bonds. The number of nitrogens with one attached hydrogen (secondary N) is 1. The first-order chi connectivity index (χ1) is 8.69. The molecule has 0 aliphatic rings. The van der Waals surface area contributed by atoms with Gasteiger partial charge in [-0.3, -0.25) is 0 Å². The van der Waals surface area contributed by atoms with Crippen LogP contribution in [-0.4, -0.2) is 38.1 Å². The van der Waals surface area contributed by atoms with E-state index in [0.29, 0.717) is 0 Å². The highest BCUT2D eigenvalue weighted by Crippen LogP contribution is 2.17. The molecule has 0 aliphatic heterocycles. The fourth-order valence-corrected chi connectivity index (χ4v) is 2.73. The van der Waals surface area contributed by atoms with E-state index >= 15 is 0 Å². The van der Waals surface area contributed by atoms with Crippen LogP contribution in [0, 0.1) is 11.6 Å². The molecule has 2 N–H and O–H groups in total. The van der Waals surface area contributed by atoms with Crippen molar-refractivity contribution in [2.24, 2.45) is 0 Å². The van der Waals surface area contributed by atoms with Crippen LogP contribution in [-0.2, 0) is 9.84 Å². The molecule has 0 spiro atoms. The molecule has 2 atom stereocenters. The van der Waals surface area contributed by atoms with Crippen molar-refractivity contribution in [1.29, 1.82) is 0 Å². The van der Waals surface area contributed by atoms with Gasteiger partial charge in [-0.15, -0.1) is 0 Å². The molecule has 0 aliphatic carbocycles. The zero-order valence-corrected chi connectivity index (χ0v) is 11.5. The maximum absolute atomic E-state index is 13.4. The monoisotopic (exact) mass is 293 g/mol. The molecule has 1 aromatic rings. The summed E-state index contributed by atoms with van der Waals surface area (Å²) in [6.07, 6.45) is -0.133.